The Kier molecular flexibility index (Phi) is 6.64. The second-order valence-electron chi connectivity index (χ2n) is 8.29. The molecule has 1 amide bonds. The fourth-order valence-electron chi connectivity index (χ4n) is 3.91. The van der Waals surface area contributed by atoms with Gasteiger partial charge >= 0.3 is 6.61 Å². The molecule has 3 atom stereocenters. The number of carbonyl (C=O) groups is 2. The number of carbonyl (C=O) groups excluding carboxylic acids is 2. The van der Waals surface area contributed by atoms with Gasteiger partial charge in [0.2, 0.25) is 11.6 Å². The molecule has 3 rings (SSSR count). The average Bonchev–Trinajstić information content (AvgIpc) is 2.96. The van der Waals surface area contributed by atoms with Crippen LogP contribution >= 0.6 is 0 Å². The summed E-state index contributed by atoms with van der Waals surface area (Å²) in [6, 6.07) is 4.28. The second-order valence-corrected chi connectivity index (χ2v) is 8.29. The molecule has 1 aromatic heterocycles. The van der Waals surface area contributed by atoms with E-state index in [0.29, 0.717) is 4.73 Å². The summed E-state index contributed by atoms with van der Waals surface area (Å²) < 4.78 is 64.6. The van der Waals surface area contributed by atoms with Gasteiger partial charge in [0.1, 0.15) is 6.10 Å². The van der Waals surface area contributed by atoms with Crippen molar-refractivity contribution in [3.8, 4) is 5.75 Å². The zero-order valence-corrected chi connectivity index (χ0v) is 18.2. The first-order chi connectivity index (χ1) is 15.3. The summed E-state index contributed by atoms with van der Waals surface area (Å²) in [4.78, 5) is 24.7. The molecule has 1 saturated heterocycles. The lowest BCUT2D eigenvalue weighted by Crippen LogP contribution is -2.35. The Bertz CT molecular complexity index is 1090. The molecule has 1 aliphatic rings. The lowest BCUT2D eigenvalue weighted by atomic mass is 9.78. The Morgan fingerprint density at radius 3 is 2.52 bits per heavy atom. The third kappa shape index (κ3) is 4.77. The van der Waals surface area contributed by atoms with Crippen LogP contribution in [0.25, 0.3) is 0 Å². The van der Waals surface area contributed by atoms with Crippen LogP contribution in [0.4, 0.5) is 23.2 Å². The molecule has 0 spiro atoms. The molecule has 0 bridgehead atoms. The van der Waals surface area contributed by atoms with Gasteiger partial charge in [-0.15, -0.1) is 0 Å². The SMILES string of the molecule is CC(=O)c1cc(NC(=O)[C@H]2OC(C)(C)[C@@H](C)[C@H]2c2ccc(F)c(F)c2OC(F)F)cc[n+]1[O-]. The largest absolute Gasteiger partial charge is 0.618 e. The number of anilines is 1. The van der Waals surface area contributed by atoms with Crippen LogP contribution in [-0.4, -0.2) is 30.0 Å². The quantitative estimate of drug-likeness (QED) is 0.299. The van der Waals surface area contributed by atoms with E-state index in [1.54, 1.807) is 20.8 Å². The van der Waals surface area contributed by atoms with Crippen LogP contribution in [0.2, 0.25) is 0 Å². The third-order valence-corrected chi connectivity index (χ3v) is 5.84. The number of benzene rings is 1. The predicted molar refractivity (Wildman–Crippen MR) is 108 cm³/mol. The number of amides is 1. The molecular formula is C22H22F4N2O5. The van der Waals surface area contributed by atoms with Crippen LogP contribution < -0.4 is 14.8 Å². The van der Waals surface area contributed by atoms with Crippen LogP contribution in [-0.2, 0) is 9.53 Å². The topological polar surface area (TPSA) is 91.6 Å². The molecule has 0 aliphatic carbocycles. The molecule has 7 nitrogen and oxygen atoms in total. The van der Waals surface area contributed by atoms with E-state index in [0.717, 1.165) is 18.3 Å². The minimum absolute atomic E-state index is 0.117. The number of aromatic nitrogens is 1. The average molecular weight is 470 g/mol. The first-order valence-corrected chi connectivity index (χ1v) is 9.99. The van der Waals surface area contributed by atoms with E-state index in [1.165, 1.54) is 19.1 Å². The lowest BCUT2D eigenvalue weighted by molar-refractivity contribution is -0.607. The van der Waals surface area contributed by atoms with Crippen LogP contribution in [0.15, 0.2) is 30.5 Å². The number of hydrogen-bond acceptors (Lipinski definition) is 5. The van der Waals surface area contributed by atoms with Crippen molar-refractivity contribution in [1.82, 2.24) is 0 Å². The van der Waals surface area contributed by atoms with Crippen molar-refractivity contribution in [3.63, 3.8) is 0 Å². The van der Waals surface area contributed by atoms with E-state index in [4.69, 9.17) is 4.74 Å². The highest BCUT2D eigenvalue weighted by molar-refractivity contribution is 5.97. The van der Waals surface area contributed by atoms with Crippen molar-refractivity contribution in [1.29, 1.82) is 0 Å². The molecule has 1 aliphatic heterocycles. The number of nitrogens with zero attached hydrogens (tertiary/aromatic N) is 1. The summed E-state index contributed by atoms with van der Waals surface area (Å²) >= 11 is 0. The number of hydrogen-bond donors (Lipinski definition) is 1. The van der Waals surface area contributed by atoms with E-state index in [2.05, 4.69) is 10.1 Å². The number of ether oxygens (including phenoxy) is 2. The third-order valence-electron chi connectivity index (χ3n) is 5.84. The van der Waals surface area contributed by atoms with E-state index in [9.17, 15) is 32.4 Å². The molecule has 178 valence electrons. The molecule has 2 heterocycles. The molecule has 0 unspecified atom stereocenters. The number of Topliss-reactive ketones (excluding diaryl/α,β-unsaturated/α-hetero) is 1. The number of alkyl halides is 2. The molecule has 1 fully saturated rings. The summed E-state index contributed by atoms with van der Waals surface area (Å²) in [7, 11) is 0. The fourth-order valence-corrected chi connectivity index (χ4v) is 3.91. The van der Waals surface area contributed by atoms with E-state index in [1.807, 2.05) is 0 Å². The maximum atomic E-state index is 14.4. The first-order valence-electron chi connectivity index (χ1n) is 9.99. The Morgan fingerprint density at radius 1 is 1.24 bits per heavy atom. The van der Waals surface area contributed by atoms with Crippen molar-refractivity contribution >= 4 is 17.4 Å². The number of ketones is 1. The van der Waals surface area contributed by atoms with Crippen molar-refractivity contribution < 1.29 is 41.4 Å². The predicted octanol–water partition coefficient (Wildman–Crippen LogP) is 3.94. The van der Waals surface area contributed by atoms with E-state index >= 15 is 0 Å². The highest BCUT2D eigenvalue weighted by Gasteiger charge is 2.52. The highest BCUT2D eigenvalue weighted by atomic mass is 19.3. The number of rotatable bonds is 6. The molecule has 2 aromatic rings. The second kappa shape index (κ2) is 8.97. The van der Waals surface area contributed by atoms with Gasteiger partial charge in [0.25, 0.3) is 11.6 Å². The van der Waals surface area contributed by atoms with Gasteiger partial charge in [-0.25, -0.2) is 4.39 Å². The van der Waals surface area contributed by atoms with Crippen molar-refractivity contribution in [2.24, 2.45) is 5.92 Å². The Labute approximate surface area is 186 Å². The normalized spacial score (nSPS) is 21.8. The van der Waals surface area contributed by atoms with Crippen LogP contribution in [0.1, 0.15) is 49.7 Å². The zero-order valence-electron chi connectivity index (χ0n) is 18.2. The molecule has 1 N–H and O–H groups in total. The van der Waals surface area contributed by atoms with Crippen molar-refractivity contribution in [2.75, 3.05) is 5.32 Å². The van der Waals surface area contributed by atoms with Gasteiger partial charge in [-0.2, -0.15) is 17.9 Å². The Hall–Kier alpha value is -3.21. The van der Waals surface area contributed by atoms with Crippen LogP contribution in [0.5, 0.6) is 5.75 Å². The van der Waals surface area contributed by atoms with Crippen molar-refractivity contribution in [3.05, 3.63) is 58.6 Å². The standard InChI is InChI=1S/C22H22F4N2O5/c1-10-16(13-5-6-14(23)17(24)18(13)32-21(25)26)19(33-22(10,3)4)20(30)27-12-7-8-28(31)15(9-12)11(2)29/h5-10,16,19,21H,1-4H3,(H,27,30)/t10-,16-,19-/m0/s1. The Balaban J connectivity index is 2.02. The fraction of sp³-hybridized carbons (Fsp3) is 0.409. The summed E-state index contributed by atoms with van der Waals surface area (Å²) in [5.41, 5.74) is -1.19. The smallest absolute Gasteiger partial charge is 0.387 e. The van der Waals surface area contributed by atoms with E-state index in [-0.39, 0.29) is 16.9 Å². The highest BCUT2D eigenvalue weighted by Crippen LogP contribution is 2.49. The zero-order chi connectivity index (χ0) is 24.7. The van der Waals surface area contributed by atoms with Gasteiger partial charge in [0.05, 0.1) is 11.3 Å². The van der Waals surface area contributed by atoms with Gasteiger partial charge in [0, 0.05) is 30.5 Å². The molecule has 11 heteroatoms. The molecule has 0 saturated carbocycles. The maximum absolute atomic E-state index is 14.4. The Morgan fingerprint density at radius 2 is 1.91 bits per heavy atom. The number of halogens is 4. The summed E-state index contributed by atoms with van der Waals surface area (Å²) in [5, 5.41) is 14.2. The molecule has 33 heavy (non-hydrogen) atoms. The minimum Gasteiger partial charge on any atom is -0.618 e. The molecular weight excluding hydrogens is 448 g/mol. The molecule has 0 radical (unpaired) electrons. The minimum atomic E-state index is -3.42. The number of nitrogens with one attached hydrogen (secondary N) is 1. The molecule has 1 aromatic carbocycles. The summed E-state index contributed by atoms with van der Waals surface area (Å²) in [6.07, 6.45) is -0.268. The van der Waals surface area contributed by atoms with Gasteiger partial charge in [-0.3, -0.25) is 9.59 Å². The summed E-state index contributed by atoms with van der Waals surface area (Å²) in [5.74, 6) is -6.72. The van der Waals surface area contributed by atoms with Gasteiger partial charge < -0.3 is 20.0 Å². The van der Waals surface area contributed by atoms with Gasteiger partial charge in [0.15, 0.2) is 17.8 Å². The lowest BCUT2D eigenvalue weighted by Gasteiger charge is -2.26. The number of pyridine rings is 1. The van der Waals surface area contributed by atoms with Crippen LogP contribution in [0, 0.1) is 22.8 Å². The maximum Gasteiger partial charge on any atom is 0.387 e. The monoisotopic (exact) mass is 470 g/mol. The van der Waals surface area contributed by atoms with Gasteiger partial charge in [-0.05, 0) is 25.8 Å². The van der Waals surface area contributed by atoms with Gasteiger partial charge in [-0.1, -0.05) is 13.0 Å². The van der Waals surface area contributed by atoms with Crippen molar-refractivity contribution in [2.45, 2.75) is 51.9 Å². The first kappa shape index (κ1) is 24.4. The summed E-state index contributed by atoms with van der Waals surface area (Å²) in [6.45, 7) is 2.78. The van der Waals surface area contributed by atoms with Crippen LogP contribution in [0.3, 0.4) is 0 Å². The van der Waals surface area contributed by atoms with E-state index < -0.39 is 59.2 Å².